The summed E-state index contributed by atoms with van der Waals surface area (Å²) in [6.07, 6.45) is 2.33. The number of aryl methyl sites for hydroxylation is 1. The molecule has 1 saturated heterocycles. The lowest BCUT2D eigenvalue weighted by Gasteiger charge is -2.18. The largest absolute Gasteiger partial charge is 0.497 e. The molecule has 0 spiro atoms. The van der Waals surface area contributed by atoms with Crippen LogP contribution in [0.25, 0.3) is 0 Å². The van der Waals surface area contributed by atoms with Gasteiger partial charge >= 0.3 is 0 Å². The number of amides is 1. The van der Waals surface area contributed by atoms with Gasteiger partial charge in [-0.25, -0.2) is 4.98 Å². The third kappa shape index (κ3) is 3.29. The second kappa shape index (κ2) is 6.54. The van der Waals surface area contributed by atoms with Crippen LogP contribution >= 0.6 is 11.8 Å². The van der Waals surface area contributed by atoms with Crippen LogP contribution in [0.1, 0.15) is 12.1 Å². The summed E-state index contributed by atoms with van der Waals surface area (Å²) < 4.78 is 15.9. The number of hydrogen-bond acceptors (Lipinski definition) is 6. The highest BCUT2D eigenvalue weighted by molar-refractivity contribution is 8.00. The Kier molecular flexibility index (Phi) is 4.47. The Hall–Kier alpha value is -2.15. The molecule has 0 bridgehead atoms. The van der Waals surface area contributed by atoms with Crippen LogP contribution in [0.5, 0.6) is 11.5 Å². The number of oxazole rings is 1. The maximum absolute atomic E-state index is 12.7. The van der Waals surface area contributed by atoms with E-state index in [0.717, 1.165) is 17.8 Å². The predicted octanol–water partition coefficient (Wildman–Crippen LogP) is 2.90. The van der Waals surface area contributed by atoms with E-state index in [2.05, 4.69) is 4.98 Å². The fraction of sp³-hybridized carbons (Fsp3) is 0.375. The van der Waals surface area contributed by atoms with Crippen molar-refractivity contribution in [3.63, 3.8) is 0 Å². The van der Waals surface area contributed by atoms with Crippen molar-refractivity contribution in [2.75, 3.05) is 25.7 Å². The molecule has 1 aliphatic heterocycles. The highest BCUT2D eigenvalue weighted by Crippen LogP contribution is 2.35. The van der Waals surface area contributed by atoms with E-state index in [4.69, 9.17) is 13.9 Å². The van der Waals surface area contributed by atoms with Gasteiger partial charge < -0.3 is 18.8 Å². The minimum atomic E-state index is -0.190. The molecule has 0 N–H and O–H groups in total. The van der Waals surface area contributed by atoms with Gasteiger partial charge in [-0.2, -0.15) is 0 Å². The van der Waals surface area contributed by atoms with Crippen molar-refractivity contribution >= 4 is 23.4 Å². The molecular formula is C16H18N2O4S. The van der Waals surface area contributed by atoms with Crippen molar-refractivity contribution in [2.45, 2.75) is 23.8 Å². The van der Waals surface area contributed by atoms with Crippen LogP contribution in [-0.2, 0) is 4.79 Å². The Morgan fingerprint density at radius 3 is 2.52 bits per heavy atom. The number of carbonyl (C=O) groups excluding carboxylic acids is 1. The third-order valence-electron chi connectivity index (χ3n) is 3.65. The minimum Gasteiger partial charge on any atom is -0.497 e. The van der Waals surface area contributed by atoms with Gasteiger partial charge in [-0.15, -0.1) is 0 Å². The minimum absolute atomic E-state index is 0.0427. The number of benzene rings is 1. The van der Waals surface area contributed by atoms with Gasteiger partial charge in [-0.3, -0.25) is 4.79 Å². The molecule has 1 aliphatic rings. The van der Waals surface area contributed by atoms with Gasteiger partial charge in [0.1, 0.15) is 17.8 Å². The van der Waals surface area contributed by atoms with Gasteiger partial charge in [0.15, 0.2) is 0 Å². The lowest BCUT2D eigenvalue weighted by atomic mass is 10.2. The highest BCUT2D eigenvalue weighted by Gasteiger charge is 2.34. The van der Waals surface area contributed by atoms with Gasteiger partial charge in [0.25, 0.3) is 5.22 Å². The fourth-order valence-electron chi connectivity index (χ4n) is 2.48. The predicted molar refractivity (Wildman–Crippen MR) is 87.4 cm³/mol. The SMILES string of the molecule is COc1cc(OC)cc(N2CCC(Sc3nc(C)co3)C2=O)c1. The molecule has 0 saturated carbocycles. The molecule has 23 heavy (non-hydrogen) atoms. The van der Waals surface area contributed by atoms with E-state index in [1.54, 1.807) is 31.4 Å². The second-order valence-corrected chi connectivity index (χ2v) is 6.36. The normalized spacial score (nSPS) is 17.6. The summed E-state index contributed by atoms with van der Waals surface area (Å²) in [4.78, 5) is 18.7. The summed E-state index contributed by atoms with van der Waals surface area (Å²) in [6, 6.07) is 5.46. The van der Waals surface area contributed by atoms with Gasteiger partial charge in [0.2, 0.25) is 5.91 Å². The van der Waals surface area contributed by atoms with Crippen molar-refractivity contribution in [3.05, 3.63) is 30.2 Å². The van der Waals surface area contributed by atoms with Crippen LogP contribution < -0.4 is 14.4 Å². The number of aromatic nitrogens is 1. The number of nitrogens with zero attached hydrogens (tertiary/aromatic N) is 2. The lowest BCUT2D eigenvalue weighted by Crippen LogP contribution is -2.28. The molecule has 0 radical (unpaired) electrons. The molecule has 1 aromatic heterocycles. The van der Waals surface area contributed by atoms with E-state index >= 15 is 0 Å². The lowest BCUT2D eigenvalue weighted by molar-refractivity contribution is -0.116. The van der Waals surface area contributed by atoms with E-state index in [1.807, 2.05) is 19.1 Å². The number of hydrogen-bond donors (Lipinski definition) is 0. The standard InChI is InChI=1S/C16H18N2O4S/c1-10-9-22-16(17-10)23-14-4-5-18(15(14)19)11-6-12(20-2)8-13(7-11)21-3/h6-9,14H,4-5H2,1-3H3. The van der Waals surface area contributed by atoms with E-state index in [1.165, 1.54) is 11.8 Å². The summed E-state index contributed by atoms with van der Waals surface area (Å²) in [5.41, 5.74) is 1.59. The second-order valence-electron chi connectivity index (χ2n) is 5.21. The molecule has 6 nitrogen and oxygen atoms in total. The molecule has 122 valence electrons. The maximum atomic E-state index is 12.7. The summed E-state index contributed by atoms with van der Waals surface area (Å²) in [7, 11) is 3.18. The van der Waals surface area contributed by atoms with Crippen LogP contribution in [-0.4, -0.2) is 36.9 Å². The fourth-order valence-corrected chi connectivity index (χ4v) is 3.47. The Balaban J connectivity index is 1.78. The monoisotopic (exact) mass is 334 g/mol. The van der Waals surface area contributed by atoms with Crippen LogP contribution in [0.3, 0.4) is 0 Å². The third-order valence-corrected chi connectivity index (χ3v) is 4.76. The number of ether oxygens (including phenoxy) is 2. The smallest absolute Gasteiger partial charge is 0.256 e. The van der Waals surface area contributed by atoms with Gasteiger partial charge in [0.05, 0.1) is 30.9 Å². The molecule has 1 atom stereocenters. The molecule has 2 heterocycles. The zero-order valence-corrected chi connectivity index (χ0v) is 14.1. The first-order chi connectivity index (χ1) is 11.1. The van der Waals surface area contributed by atoms with Crippen molar-refractivity contribution in [3.8, 4) is 11.5 Å². The zero-order valence-electron chi connectivity index (χ0n) is 13.2. The number of rotatable bonds is 5. The van der Waals surface area contributed by atoms with Crippen LogP contribution in [0.2, 0.25) is 0 Å². The molecule has 3 rings (SSSR count). The molecule has 2 aromatic rings. The van der Waals surface area contributed by atoms with E-state index in [0.29, 0.717) is 23.3 Å². The topological polar surface area (TPSA) is 64.8 Å². The molecule has 1 fully saturated rings. The van der Waals surface area contributed by atoms with Crippen molar-refractivity contribution in [2.24, 2.45) is 0 Å². The zero-order chi connectivity index (χ0) is 16.4. The van der Waals surface area contributed by atoms with E-state index < -0.39 is 0 Å². The van der Waals surface area contributed by atoms with Crippen LogP contribution in [0, 0.1) is 6.92 Å². The van der Waals surface area contributed by atoms with E-state index in [9.17, 15) is 4.79 Å². The van der Waals surface area contributed by atoms with E-state index in [-0.39, 0.29) is 11.2 Å². The Bertz CT molecular complexity index is 694. The quantitative estimate of drug-likeness (QED) is 0.838. The molecule has 0 aliphatic carbocycles. The summed E-state index contributed by atoms with van der Waals surface area (Å²) in [5.74, 6) is 1.36. The Morgan fingerprint density at radius 2 is 1.96 bits per heavy atom. The number of thioether (sulfide) groups is 1. The highest BCUT2D eigenvalue weighted by atomic mass is 32.2. The molecular weight excluding hydrogens is 316 g/mol. The van der Waals surface area contributed by atoms with Crippen LogP contribution in [0.15, 0.2) is 34.1 Å². The molecule has 1 unspecified atom stereocenters. The Labute approximate surface area is 138 Å². The summed E-state index contributed by atoms with van der Waals surface area (Å²) in [5, 5.41) is 0.344. The first-order valence-electron chi connectivity index (χ1n) is 7.24. The van der Waals surface area contributed by atoms with Crippen molar-refractivity contribution in [1.82, 2.24) is 4.98 Å². The number of methoxy groups -OCH3 is 2. The van der Waals surface area contributed by atoms with Gasteiger partial charge in [-0.05, 0) is 13.3 Å². The van der Waals surface area contributed by atoms with Crippen molar-refractivity contribution < 1.29 is 18.7 Å². The van der Waals surface area contributed by atoms with Crippen LogP contribution in [0.4, 0.5) is 5.69 Å². The van der Waals surface area contributed by atoms with Gasteiger partial charge in [-0.1, -0.05) is 11.8 Å². The Morgan fingerprint density at radius 1 is 1.26 bits per heavy atom. The molecule has 1 aromatic carbocycles. The number of carbonyl (C=O) groups is 1. The average molecular weight is 334 g/mol. The van der Waals surface area contributed by atoms with Gasteiger partial charge in [0, 0.05) is 24.7 Å². The first-order valence-corrected chi connectivity index (χ1v) is 8.12. The summed E-state index contributed by atoms with van der Waals surface area (Å²) >= 11 is 1.37. The maximum Gasteiger partial charge on any atom is 0.256 e. The van der Waals surface area contributed by atoms with Crippen molar-refractivity contribution in [1.29, 1.82) is 0 Å². The first kappa shape index (κ1) is 15.7. The average Bonchev–Trinajstić information content (AvgIpc) is 3.13. The molecule has 7 heteroatoms. The summed E-state index contributed by atoms with van der Waals surface area (Å²) in [6.45, 7) is 2.51. The molecule has 1 amide bonds. The number of anilines is 1.